The fraction of sp³-hybridized carbons (Fsp3) is 0.600. The second kappa shape index (κ2) is 8.53. The number of benzene rings is 1. The molecule has 1 heterocycles. The van der Waals surface area contributed by atoms with Crippen molar-refractivity contribution in [2.75, 3.05) is 58.5 Å². The minimum atomic E-state index is 0.480. The van der Waals surface area contributed by atoms with E-state index in [-0.39, 0.29) is 0 Å². The second-order valence-electron chi connectivity index (χ2n) is 6.77. The topological polar surface area (TPSA) is 24.9 Å². The van der Waals surface area contributed by atoms with E-state index < -0.39 is 0 Å². The minimum Gasteiger partial charge on any atom is -0.381 e. The minimum absolute atomic E-state index is 0.480. The Bertz CT molecular complexity index is 579. The van der Waals surface area contributed by atoms with Crippen molar-refractivity contribution in [3.63, 3.8) is 0 Å². The molecule has 4 nitrogen and oxygen atoms in total. The molecule has 0 atom stereocenters. The number of anilines is 1. The first-order valence-electron chi connectivity index (χ1n) is 8.86. The predicted octanol–water partition coefficient (Wildman–Crippen LogP) is 2.23. The summed E-state index contributed by atoms with van der Waals surface area (Å²) in [6.45, 7) is 6.19. The smallest absolute Gasteiger partial charge is 0.107 e. The molecule has 2 fully saturated rings. The van der Waals surface area contributed by atoms with Crippen molar-refractivity contribution in [1.82, 2.24) is 4.90 Å². The molecule has 4 heteroatoms. The average Bonchev–Trinajstić information content (AvgIpc) is 2.59. The highest BCUT2D eigenvalue weighted by Crippen LogP contribution is 2.30. The zero-order valence-corrected chi connectivity index (χ0v) is 14.8. The first kappa shape index (κ1) is 17.3. The van der Waals surface area contributed by atoms with Gasteiger partial charge in [0.25, 0.3) is 0 Å². The van der Waals surface area contributed by atoms with Gasteiger partial charge in [-0.15, -0.1) is 0 Å². The van der Waals surface area contributed by atoms with Crippen LogP contribution in [0.15, 0.2) is 24.3 Å². The highest BCUT2D eigenvalue weighted by Gasteiger charge is 2.31. The number of piperazine rings is 1. The zero-order chi connectivity index (χ0) is 16.8. The standard InChI is InChI=1S/C20H28N2O2/c1-23-12-4-6-17-5-3-7-19(13-17)22-10-8-21(9-11-22)16-18-14-20(15-18)24-2/h3,5,7,13,18,20H,8-12,14-16H2,1-2H3. The maximum Gasteiger partial charge on any atom is 0.107 e. The number of hydrogen-bond donors (Lipinski definition) is 0. The van der Waals surface area contributed by atoms with Crippen LogP contribution in [0.2, 0.25) is 0 Å². The molecular weight excluding hydrogens is 300 g/mol. The van der Waals surface area contributed by atoms with E-state index in [1.807, 2.05) is 7.11 Å². The molecule has 0 N–H and O–H groups in total. The third kappa shape index (κ3) is 4.51. The first-order valence-corrected chi connectivity index (χ1v) is 8.86. The fourth-order valence-corrected chi connectivity index (χ4v) is 3.56. The van der Waals surface area contributed by atoms with Crippen molar-refractivity contribution in [1.29, 1.82) is 0 Å². The molecule has 1 aromatic carbocycles. The summed E-state index contributed by atoms with van der Waals surface area (Å²) < 4.78 is 10.4. The van der Waals surface area contributed by atoms with E-state index in [0.29, 0.717) is 12.7 Å². The summed E-state index contributed by atoms with van der Waals surface area (Å²) in [5, 5.41) is 0. The van der Waals surface area contributed by atoms with Gasteiger partial charge in [0.2, 0.25) is 0 Å². The lowest BCUT2D eigenvalue weighted by molar-refractivity contribution is -0.0113. The number of methoxy groups -OCH3 is 2. The van der Waals surface area contributed by atoms with E-state index in [4.69, 9.17) is 9.47 Å². The quantitative estimate of drug-likeness (QED) is 0.774. The van der Waals surface area contributed by atoms with Crippen LogP contribution < -0.4 is 4.90 Å². The lowest BCUT2D eigenvalue weighted by atomic mass is 9.82. The molecular formula is C20H28N2O2. The zero-order valence-electron chi connectivity index (χ0n) is 14.8. The molecule has 1 saturated heterocycles. The van der Waals surface area contributed by atoms with Crippen LogP contribution in [0, 0.1) is 17.8 Å². The molecule has 0 bridgehead atoms. The highest BCUT2D eigenvalue weighted by atomic mass is 16.5. The molecule has 1 saturated carbocycles. The molecule has 0 unspecified atom stereocenters. The Morgan fingerprint density at radius 1 is 1.12 bits per heavy atom. The van der Waals surface area contributed by atoms with Gasteiger partial charge >= 0.3 is 0 Å². The van der Waals surface area contributed by atoms with Gasteiger partial charge in [-0.25, -0.2) is 0 Å². The van der Waals surface area contributed by atoms with Crippen molar-refractivity contribution in [3.05, 3.63) is 29.8 Å². The van der Waals surface area contributed by atoms with Crippen molar-refractivity contribution in [3.8, 4) is 11.8 Å². The van der Waals surface area contributed by atoms with E-state index in [1.54, 1.807) is 7.11 Å². The number of rotatable bonds is 5. The van der Waals surface area contributed by atoms with Gasteiger partial charge in [-0.2, -0.15) is 0 Å². The summed E-state index contributed by atoms with van der Waals surface area (Å²) in [7, 11) is 3.50. The van der Waals surface area contributed by atoms with Crippen LogP contribution in [0.5, 0.6) is 0 Å². The maximum atomic E-state index is 5.38. The van der Waals surface area contributed by atoms with Crippen LogP contribution in [0.1, 0.15) is 18.4 Å². The number of nitrogens with zero attached hydrogens (tertiary/aromatic N) is 2. The van der Waals surface area contributed by atoms with Gasteiger partial charge < -0.3 is 14.4 Å². The second-order valence-corrected chi connectivity index (χ2v) is 6.77. The van der Waals surface area contributed by atoms with Crippen LogP contribution in [0.4, 0.5) is 5.69 Å². The largest absolute Gasteiger partial charge is 0.381 e. The molecule has 24 heavy (non-hydrogen) atoms. The van der Waals surface area contributed by atoms with Crippen LogP contribution in [-0.4, -0.2) is 64.6 Å². The Balaban J connectivity index is 1.48. The van der Waals surface area contributed by atoms with Gasteiger partial charge in [-0.3, -0.25) is 4.90 Å². The summed E-state index contributed by atoms with van der Waals surface area (Å²) in [4.78, 5) is 5.08. The number of ether oxygens (including phenoxy) is 2. The molecule has 0 radical (unpaired) electrons. The molecule has 1 aliphatic carbocycles. The van der Waals surface area contributed by atoms with Gasteiger partial charge in [0.15, 0.2) is 0 Å². The molecule has 1 aromatic rings. The Hall–Kier alpha value is -1.54. The molecule has 0 aromatic heterocycles. The van der Waals surface area contributed by atoms with Gasteiger partial charge in [-0.1, -0.05) is 17.9 Å². The Morgan fingerprint density at radius 3 is 2.62 bits per heavy atom. The summed E-state index contributed by atoms with van der Waals surface area (Å²) >= 11 is 0. The van der Waals surface area contributed by atoms with E-state index in [1.165, 1.54) is 25.1 Å². The lowest BCUT2D eigenvalue weighted by Crippen LogP contribution is -2.49. The third-order valence-electron chi connectivity index (χ3n) is 5.08. The normalized spacial score (nSPS) is 24.2. The molecule has 3 rings (SSSR count). The molecule has 0 spiro atoms. The predicted molar refractivity (Wildman–Crippen MR) is 97.4 cm³/mol. The van der Waals surface area contributed by atoms with Crippen LogP contribution in [0.25, 0.3) is 0 Å². The van der Waals surface area contributed by atoms with Crippen LogP contribution in [-0.2, 0) is 9.47 Å². The SMILES string of the molecule is COCC#Cc1cccc(N2CCN(CC3CC(OC)C3)CC2)c1. The van der Waals surface area contributed by atoms with Crippen LogP contribution >= 0.6 is 0 Å². The average molecular weight is 328 g/mol. The summed E-state index contributed by atoms with van der Waals surface area (Å²) in [6, 6.07) is 8.53. The van der Waals surface area contributed by atoms with E-state index in [9.17, 15) is 0 Å². The lowest BCUT2D eigenvalue weighted by Gasteiger charge is -2.41. The highest BCUT2D eigenvalue weighted by molar-refractivity contribution is 5.52. The summed E-state index contributed by atoms with van der Waals surface area (Å²) in [5.74, 6) is 7.02. The van der Waals surface area contributed by atoms with Crippen molar-refractivity contribution in [2.45, 2.75) is 18.9 Å². The molecule has 2 aliphatic rings. The molecule has 0 amide bonds. The molecule has 1 aliphatic heterocycles. The summed E-state index contributed by atoms with van der Waals surface area (Å²) in [6.07, 6.45) is 2.98. The third-order valence-corrected chi connectivity index (χ3v) is 5.08. The Morgan fingerprint density at radius 2 is 1.92 bits per heavy atom. The van der Waals surface area contributed by atoms with Crippen molar-refractivity contribution < 1.29 is 9.47 Å². The summed E-state index contributed by atoms with van der Waals surface area (Å²) in [5.41, 5.74) is 2.34. The van der Waals surface area contributed by atoms with Crippen molar-refractivity contribution >= 4 is 5.69 Å². The van der Waals surface area contributed by atoms with Crippen molar-refractivity contribution in [2.24, 2.45) is 5.92 Å². The number of hydrogen-bond acceptors (Lipinski definition) is 4. The van der Waals surface area contributed by atoms with Gasteiger partial charge in [-0.05, 0) is 37.0 Å². The maximum absolute atomic E-state index is 5.38. The van der Waals surface area contributed by atoms with E-state index in [2.05, 4.69) is 45.9 Å². The van der Waals surface area contributed by atoms with Gasteiger partial charge in [0.1, 0.15) is 6.61 Å². The van der Waals surface area contributed by atoms with Gasteiger partial charge in [0.05, 0.1) is 6.10 Å². The Labute approximate surface area is 145 Å². The molecule has 130 valence electrons. The Kier molecular flexibility index (Phi) is 6.14. The van der Waals surface area contributed by atoms with E-state index in [0.717, 1.165) is 37.7 Å². The van der Waals surface area contributed by atoms with E-state index >= 15 is 0 Å². The monoisotopic (exact) mass is 328 g/mol. The fourth-order valence-electron chi connectivity index (χ4n) is 3.56. The van der Waals surface area contributed by atoms with Gasteiger partial charge in [0, 0.05) is 58.2 Å². The van der Waals surface area contributed by atoms with Crippen LogP contribution in [0.3, 0.4) is 0 Å². The first-order chi connectivity index (χ1) is 11.8.